The van der Waals surface area contributed by atoms with Gasteiger partial charge in [-0.1, -0.05) is 42.5 Å². The molecule has 0 spiro atoms. The molecular weight excluding hydrogens is 286 g/mol. The summed E-state index contributed by atoms with van der Waals surface area (Å²) in [5, 5.41) is 5.44. The van der Waals surface area contributed by atoms with Crippen LogP contribution in [0.2, 0.25) is 0 Å². The van der Waals surface area contributed by atoms with E-state index in [1.807, 2.05) is 12.1 Å². The average molecular weight is 305 g/mol. The number of methoxy groups -OCH3 is 1. The van der Waals surface area contributed by atoms with Crippen LogP contribution in [0.15, 0.2) is 66.7 Å². The molecule has 0 aliphatic heterocycles. The van der Waals surface area contributed by atoms with Gasteiger partial charge in [0, 0.05) is 12.1 Å². The number of amides is 1. The predicted octanol–water partition coefficient (Wildman–Crippen LogP) is 3.82. The van der Waals surface area contributed by atoms with Crippen molar-refractivity contribution in [1.29, 1.82) is 0 Å². The number of hydrogen-bond donors (Lipinski definition) is 1. The summed E-state index contributed by atoms with van der Waals surface area (Å²) in [6, 6.07) is 21.7. The fraction of sp³-hybridized carbons (Fsp3) is 0.150. The van der Waals surface area contributed by atoms with Gasteiger partial charge in [0.05, 0.1) is 7.11 Å². The Morgan fingerprint density at radius 2 is 1.70 bits per heavy atom. The van der Waals surface area contributed by atoms with Crippen LogP contribution in [0.25, 0.3) is 10.8 Å². The predicted molar refractivity (Wildman–Crippen MR) is 93.0 cm³/mol. The summed E-state index contributed by atoms with van der Waals surface area (Å²) in [6.45, 7) is 0.610. The van der Waals surface area contributed by atoms with E-state index in [1.54, 1.807) is 31.4 Å². The van der Waals surface area contributed by atoms with Crippen LogP contribution in [-0.4, -0.2) is 19.6 Å². The van der Waals surface area contributed by atoms with Gasteiger partial charge in [0.15, 0.2) is 0 Å². The molecular formula is C20H19NO2. The number of benzene rings is 3. The minimum atomic E-state index is -0.0621. The standard InChI is InChI=1S/C20H19NO2/c1-23-18-11-9-17(10-12-18)20(22)21-14-13-16-7-4-6-15-5-2-3-8-19(15)16/h2-12H,13-14H2,1H3,(H,21,22). The molecule has 116 valence electrons. The third-order valence-corrected chi connectivity index (χ3v) is 3.91. The van der Waals surface area contributed by atoms with E-state index in [2.05, 4.69) is 35.6 Å². The normalized spacial score (nSPS) is 10.5. The lowest BCUT2D eigenvalue weighted by molar-refractivity contribution is 0.0954. The first-order valence-corrected chi connectivity index (χ1v) is 7.67. The zero-order chi connectivity index (χ0) is 16.1. The van der Waals surface area contributed by atoms with Crippen LogP contribution in [0.1, 0.15) is 15.9 Å². The highest BCUT2D eigenvalue weighted by atomic mass is 16.5. The monoisotopic (exact) mass is 305 g/mol. The van der Waals surface area contributed by atoms with Crippen LogP contribution >= 0.6 is 0 Å². The van der Waals surface area contributed by atoms with Crippen molar-refractivity contribution in [3.05, 3.63) is 77.9 Å². The van der Waals surface area contributed by atoms with E-state index in [0.29, 0.717) is 12.1 Å². The second kappa shape index (κ2) is 6.97. The Morgan fingerprint density at radius 3 is 2.48 bits per heavy atom. The van der Waals surface area contributed by atoms with Crippen molar-refractivity contribution in [3.63, 3.8) is 0 Å². The molecule has 1 N–H and O–H groups in total. The maximum atomic E-state index is 12.1. The number of carbonyl (C=O) groups is 1. The molecule has 0 aliphatic rings. The van der Waals surface area contributed by atoms with Crippen molar-refractivity contribution in [2.75, 3.05) is 13.7 Å². The van der Waals surface area contributed by atoms with Crippen molar-refractivity contribution in [2.24, 2.45) is 0 Å². The lowest BCUT2D eigenvalue weighted by Gasteiger charge is -2.08. The second-order valence-electron chi connectivity index (χ2n) is 5.37. The molecule has 0 atom stereocenters. The highest BCUT2D eigenvalue weighted by molar-refractivity contribution is 5.94. The zero-order valence-corrected chi connectivity index (χ0v) is 13.1. The fourth-order valence-corrected chi connectivity index (χ4v) is 2.67. The van der Waals surface area contributed by atoms with Gasteiger partial charge >= 0.3 is 0 Å². The molecule has 3 nitrogen and oxygen atoms in total. The second-order valence-corrected chi connectivity index (χ2v) is 5.37. The van der Waals surface area contributed by atoms with Gasteiger partial charge in [0.25, 0.3) is 5.91 Å². The topological polar surface area (TPSA) is 38.3 Å². The Morgan fingerprint density at radius 1 is 0.957 bits per heavy atom. The Bertz CT molecular complexity index is 804. The minimum absolute atomic E-state index is 0.0621. The van der Waals surface area contributed by atoms with E-state index in [-0.39, 0.29) is 5.91 Å². The molecule has 1 amide bonds. The first kappa shape index (κ1) is 15.1. The molecule has 3 heteroatoms. The van der Waals surface area contributed by atoms with E-state index in [1.165, 1.54) is 16.3 Å². The first-order valence-electron chi connectivity index (χ1n) is 7.67. The third-order valence-electron chi connectivity index (χ3n) is 3.91. The van der Waals surface area contributed by atoms with Gasteiger partial charge in [0.1, 0.15) is 5.75 Å². The number of nitrogens with one attached hydrogen (secondary N) is 1. The molecule has 0 fully saturated rings. The van der Waals surface area contributed by atoms with Crippen molar-refractivity contribution < 1.29 is 9.53 Å². The van der Waals surface area contributed by atoms with Gasteiger partial charge in [0.2, 0.25) is 0 Å². The van der Waals surface area contributed by atoms with Crippen molar-refractivity contribution in [3.8, 4) is 5.75 Å². The summed E-state index contributed by atoms with van der Waals surface area (Å²) in [7, 11) is 1.61. The van der Waals surface area contributed by atoms with Gasteiger partial charge in [-0.15, -0.1) is 0 Å². The Labute approximate surface area is 135 Å². The quantitative estimate of drug-likeness (QED) is 0.778. The molecule has 3 aromatic carbocycles. The molecule has 0 heterocycles. The summed E-state index contributed by atoms with van der Waals surface area (Å²) >= 11 is 0. The highest BCUT2D eigenvalue weighted by Crippen LogP contribution is 2.18. The van der Waals surface area contributed by atoms with Crippen LogP contribution in [0.5, 0.6) is 5.75 Å². The number of rotatable bonds is 5. The molecule has 0 unspecified atom stereocenters. The number of hydrogen-bond acceptors (Lipinski definition) is 2. The van der Waals surface area contributed by atoms with Crippen LogP contribution in [-0.2, 0) is 6.42 Å². The fourth-order valence-electron chi connectivity index (χ4n) is 2.67. The number of ether oxygens (including phenoxy) is 1. The molecule has 23 heavy (non-hydrogen) atoms. The molecule has 3 aromatic rings. The summed E-state index contributed by atoms with van der Waals surface area (Å²) in [6.07, 6.45) is 0.809. The van der Waals surface area contributed by atoms with Gasteiger partial charge in [-0.05, 0) is 47.0 Å². The Kier molecular flexibility index (Phi) is 4.57. The van der Waals surface area contributed by atoms with Crippen LogP contribution < -0.4 is 10.1 Å². The van der Waals surface area contributed by atoms with Crippen molar-refractivity contribution in [1.82, 2.24) is 5.32 Å². The highest BCUT2D eigenvalue weighted by Gasteiger charge is 2.06. The molecule has 0 aliphatic carbocycles. The van der Waals surface area contributed by atoms with Gasteiger partial charge < -0.3 is 10.1 Å². The van der Waals surface area contributed by atoms with E-state index in [0.717, 1.165) is 12.2 Å². The SMILES string of the molecule is COc1ccc(C(=O)NCCc2cccc3ccccc23)cc1. The van der Waals surface area contributed by atoms with E-state index in [4.69, 9.17) is 4.74 Å². The van der Waals surface area contributed by atoms with E-state index in [9.17, 15) is 4.79 Å². The molecule has 0 saturated heterocycles. The van der Waals surface area contributed by atoms with Crippen LogP contribution in [0.3, 0.4) is 0 Å². The third kappa shape index (κ3) is 3.51. The van der Waals surface area contributed by atoms with E-state index >= 15 is 0 Å². The van der Waals surface area contributed by atoms with E-state index < -0.39 is 0 Å². The average Bonchev–Trinajstić information content (AvgIpc) is 2.62. The van der Waals surface area contributed by atoms with Crippen molar-refractivity contribution in [2.45, 2.75) is 6.42 Å². The van der Waals surface area contributed by atoms with Gasteiger partial charge in [-0.3, -0.25) is 4.79 Å². The van der Waals surface area contributed by atoms with Gasteiger partial charge in [-0.25, -0.2) is 0 Å². The first-order chi connectivity index (χ1) is 11.3. The lowest BCUT2D eigenvalue weighted by atomic mass is 10.0. The molecule has 0 radical (unpaired) electrons. The van der Waals surface area contributed by atoms with Gasteiger partial charge in [-0.2, -0.15) is 0 Å². The zero-order valence-electron chi connectivity index (χ0n) is 13.1. The van der Waals surface area contributed by atoms with Crippen LogP contribution in [0, 0.1) is 0 Å². The summed E-state index contributed by atoms with van der Waals surface area (Å²) in [5.41, 5.74) is 1.89. The van der Waals surface area contributed by atoms with Crippen LogP contribution in [0.4, 0.5) is 0 Å². The summed E-state index contributed by atoms with van der Waals surface area (Å²) in [5.74, 6) is 0.685. The number of fused-ring (bicyclic) bond motifs is 1. The lowest BCUT2D eigenvalue weighted by Crippen LogP contribution is -2.25. The molecule has 3 rings (SSSR count). The Balaban J connectivity index is 1.63. The molecule has 0 saturated carbocycles. The summed E-state index contributed by atoms with van der Waals surface area (Å²) in [4.78, 5) is 12.1. The number of carbonyl (C=O) groups excluding carboxylic acids is 1. The molecule has 0 bridgehead atoms. The smallest absolute Gasteiger partial charge is 0.251 e. The Hall–Kier alpha value is -2.81. The maximum Gasteiger partial charge on any atom is 0.251 e. The maximum absolute atomic E-state index is 12.1. The largest absolute Gasteiger partial charge is 0.497 e. The van der Waals surface area contributed by atoms with Crippen molar-refractivity contribution >= 4 is 16.7 Å². The summed E-state index contributed by atoms with van der Waals surface area (Å²) < 4.78 is 5.10. The molecule has 0 aromatic heterocycles. The minimum Gasteiger partial charge on any atom is -0.497 e.